The maximum atomic E-state index is 12.0. The van der Waals surface area contributed by atoms with E-state index < -0.39 is 0 Å². The Labute approximate surface area is 128 Å². The van der Waals surface area contributed by atoms with Crippen molar-refractivity contribution in [2.45, 2.75) is 6.42 Å². The van der Waals surface area contributed by atoms with Crippen LogP contribution in [0.1, 0.15) is 15.6 Å². The van der Waals surface area contributed by atoms with Gasteiger partial charge in [-0.25, -0.2) is 4.98 Å². The molecule has 3 aromatic rings. The molecule has 100 valence electrons. The van der Waals surface area contributed by atoms with E-state index in [4.69, 9.17) is 4.42 Å². The van der Waals surface area contributed by atoms with Crippen LogP contribution in [0, 0.1) is 0 Å². The van der Waals surface area contributed by atoms with Crippen molar-refractivity contribution >= 4 is 33.0 Å². The van der Waals surface area contributed by atoms with E-state index in [9.17, 15) is 4.79 Å². The average Bonchev–Trinajstić information content (AvgIpc) is 3.09. The van der Waals surface area contributed by atoms with Gasteiger partial charge in [-0.3, -0.25) is 4.79 Å². The lowest BCUT2D eigenvalue weighted by Crippen LogP contribution is -2.01. The van der Waals surface area contributed by atoms with Crippen LogP contribution in [0.25, 0.3) is 11.3 Å². The van der Waals surface area contributed by atoms with E-state index in [0.717, 1.165) is 16.3 Å². The SMILES string of the molecule is O=C(Cc1nc(-c2ccccc2)cs1)c1ccc(Br)o1. The lowest BCUT2D eigenvalue weighted by Gasteiger charge is -1.95. The third kappa shape index (κ3) is 2.89. The summed E-state index contributed by atoms with van der Waals surface area (Å²) >= 11 is 4.68. The lowest BCUT2D eigenvalue weighted by molar-refractivity contribution is 0.0965. The summed E-state index contributed by atoms with van der Waals surface area (Å²) in [5.41, 5.74) is 1.96. The summed E-state index contributed by atoms with van der Waals surface area (Å²) in [6, 6.07) is 13.3. The van der Waals surface area contributed by atoms with Gasteiger partial charge in [0, 0.05) is 10.9 Å². The monoisotopic (exact) mass is 347 g/mol. The summed E-state index contributed by atoms with van der Waals surface area (Å²) in [5, 5.41) is 2.76. The van der Waals surface area contributed by atoms with E-state index in [0.29, 0.717) is 10.4 Å². The van der Waals surface area contributed by atoms with Gasteiger partial charge < -0.3 is 4.42 Å². The zero-order valence-electron chi connectivity index (χ0n) is 10.4. The van der Waals surface area contributed by atoms with Crippen molar-refractivity contribution in [3.8, 4) is 11.3 Å². The highest BCUT2D eigenvalue weighted by Gasteiger charge is 2.14. The number of nitrogens with zero attached hydrogens (tertiary/aromatic N) is 1. The summed E-state index contributed by atoms with van der Waals surface area (Å²) in [7, 11) is 0. The molecular weight excluding hydrogens is 338 g/mol. The molecule has 0 radical (unpaired) electrons. The second kappa shape index (κ2) is 5.73. The minimum Gasteiger partial charge on any atom is -0.446 e. The van der Waals surface area contributed by atoms with Crippen LogP contribution in [-0.2, 0) is 6.42 Å². The minimum absolute atomic E-state index is 0.0651. The number of hydrogen-bond acceptors (Lipinski definition) is 4. The highest BCUT2D eigenvalue weighted by molar-refractivity contribution is 9.10. The van der Waals surface area contributed by atoms with Gasteiger partial charge in [0.05, 0.1) is 12.1 Å². The van der Waals surface area contributed by atoms with Crippen molar-refractivity contribution in [3.63, 3.8) is 0 Å². The maximum Gasteiger partial charge on any atom is 0.204 e. The molecule has 0 bridgehead atoms. The Hall–Kier alpha value is -1.72. The lowest BCUT2D eigenvalue weighted by atomic mass is 10.2. The number of thiazole rings is 1. The number of carbonyl (C=O) groups excluding carboxylic acids is 1. The van der Waals surface area contributed by atoms with Gasteiger partial charge in [-0.05, 0) is 28.1 Å². The van der Waals surface area contributed by atoms with Gasteiger partial charge in [-0.15, -0.1) is 11.3 Å². The summed E-state index contributed by atoms with van der Waals surface area (Å²) in [6.07, 6.45) is 0.261. The molecule has 0 aliphatic carbocycles. The maximum absolute atomic E-state index is 12.0. The Bertz CT molecular complexity index is 733. The normalized spacial score (nSPS) is 10.7. The molecule has 20 heavy (non-hydrogen) atoms. The number of halogens is 1. The molecule has 0 unspecified atom stereocenters. The van der Waals surface area contributed by atoms with Crippen molar-refractivity contribution in [1.29, 1.82) is 0 Å². The molecule has 3 nitrogen and oxygen atoms in total. The first-order valence-corrected chi connectivity index (χ1v) is 7.68. The summed E-state index contributed by atoms with van der Waals surface area (Å²) in [4.78, 5) is 16.5. The predicted octanol–water partition coefficient (Wildman–Crippen LogP) is 4.59. The van der Waals surface area contributed by atoms with E-state index in [1.54, 1.807) is 12.1 Å². The van der Waals surface area contributed by atoms with E-state index in [1.165, 1.54) is 11.3 Å². The molecule has 0 aliphatic heterocycles. The third-order valence-electron chi connectivity index (χ3n) is 2.78. The fourth-order valence-corrected chi connectivity index (χ4v) is 2.93. The molecule has 2 heterocycles. The molecule has 5 heteroatoms. The molecule has 0 N–H and O–H groups in total. The van der Waals surface area contributed by atoms with Crippen molar-refractivity contribution in [1.82, 2.24) is 4.98 Å². The van der Waals surface area contributed by atoms with E-state index in [1.807, 2.05) is 35.7 Å². The first kappa shape index (κ1) is 13.3. The number of hydrogen-bond donors (Lipinski definition) is 0. The highest BCUT2D eigenvalue weighted by atomic mass is 79.9. The Morgan fingerprint density at radius 3 is 2.70 bits per heavy atom. The topological polar surface area (TPSA) is 43.1 Å². The number of Topliss-reactive ketones (excluding diaryl/α,β-unsaturated/α-hetero) is 1. The zero-order chi connectivity index (χ0) is 13.9. The molecule has 0 fully saturated rings. The Kier molecular flexibility index (Phi) is 3.80. The van der Waals surface area contributed by atoms with Gasteiger partial charge in [0.15, 0.2) is 10.4 Å². The summed E-state index contributed by atoms with van der Waals surface area (Å²) in [5.74, 6) is 0.290. The minimum atomic E-state index is -0.0651. The Morgan fingerprint density at radius 1 is 1.20 bits per heavy atom. The van der Waals surface area contributed by atoms with Crippen LogP contribution in [0.15, 0.2) is 56.9 Å². The van der Waals surface area contributed by atoms with Crippen molar-refractivity contribution < 1.29 is 9.21 Å². The van der Waals surface area contributed by atoms with E-state index in [2.05, 4.69) is 20.9 Å². The van der Waals surface area contributed by atoms with Crippen LogP contribution in [0.5, 0.6) is 0 Å². The molecule has 0 saturated heterocycles. The third-order valence-corrected chi connectivity index (χ3v) is 4.06. The smallest absolute Gasteiger partial charge is 0.204 e. The summed E-state index contributed by atoms with van der Waals surface area (Å²) in [6.45, 7) is 0. The van der Waals surface area contributed by atoms with Gasteiger partial charge in [0.1, 0.15) is 5.01 Å². The standard InChI is InChI=1S/C15H10BrNO2S/c16-14-7-6-13(19-14)12(18)8-15-17-11(9-20-15)10-4-2-1-3-5-10/h1-7,9H,8H2. The van der Waals surface area contributed by atoms with Crippen LogP contribution in [0.4, 0.5) is 0 Å². The molecule has 0 aliphatic rings. The fourth-order valence-electron chi connectivity index (χ4n) is 1.82. The number of benzene rings is 1. The second-order valence-corrected chi connectivity index (χ2v) is 5.92. The van der Waals surface area contributed by atoms with E-state index >= 15 is 0 Å². The fraction of sp³-hybridized carbons (Fsp3) is 0.0667. The van der Waals surface area contributed by atoms with Crippen molar-refractivity contribution in [2.75, 3.05) is 0 Å². The number of aromatic nitrogens is 1. The molecule has 2 aromatic heterocycles. The van der Waals surface area contributed by atoms with Gasteiger partial charge in [-0.2, -0.15) is 0 Å². The number of furan rings is 1. The molecule has 0 amide bonds. The van der Waals surface area contributed by atoms with Crippen molar-refractivity contribution in [2.24, 2.45) is 0 Å². The van der Waals surface area contributed by atoms with Crippen LogP contribution in [0.3, 0.4) is 0 Å². The van der Waals surface area contributed by atoms with Crippen LogP contribution >= 0.6 is 27.3 Å². The Morgan fingerprint density at radius 2 is 2.00 bits per heavy atom. The number of rotatable bonds is 4. The van der Waals surface area contributed by atoms with Crippen LogP contribution in [-0.4, -0.2) is 10.8 Å². The molecule has 3 rings (SSSR count). The van der Waals surface area contributed by atoms with Crippen LogP contribution in [0.2, 0.25) is 0 Å². The Balaban J connectivity index is 1.76. The number of carbonyl (C=O) groups is 1. The highest BCUT2D eigenvalue weighted by Crippen LogP contribution is 2.23. The van der Waals surface area contributed by atoms with Crippen LogP contribution < -0.4 is 0 Å². The van der Waals surface area contributed by atoms with Gasteiger partial charge >= 0.3 is 0 Å². The largest absolute Gasteiger partial charge is 0.446 e. The summed E-state index contributed by atoms with van der Waals surface area (Å²) < 4.78 is 5.81. The molecule has 0 spiro atoms. The van der Waals surface area contributed by atoms with Gasteiger partial charge in [0.2, 0.25) is 5.78 Å². The molecular formula is C15H10BrNO2S. The second-order valence-electron chi connectivity index (χ2n) is 4.20. The first-order chi connectivity index (χ1) is 9.72. The average molecular weight is 348 g/mol. The van der Waals surface area contributed by atoms with Gasteiger partial charge in [-0.1, -0.05) is 30.3 Å². The van der Waals surface area contributed by atoms with Crippen molar-refractivity contribution in [3.05, 3.63) is 63.3 Å². The van der Waals surface area contributed by atoms with E-state index in [-0.39, 0.29) is 12.2 Å². The zero-order valence-corrected chi connectivity index (χ0v) is 12.8. The molecule has 0 saturated carbocycles. The molecule has 0 atom stereocenters. The number of ketones is 1. The van der Waals surface area contributed by atoms with Gasteiger partial charge in [0.25, 0.3) is 0 Å². The quantitative estimate of drug-likeness (QED) is 0.648. The predicted molar refractivity (Wildman–Crippen MR) is 82.0 cm³/mol. The molecule has 1 aromatic carbocycles. The first-order valence-electron chi connectivity index (χ1n) is 6.01.